The molecule has 1 atom stereocenters. The second kappa shape index (κ2) is 11.0. The van der Waals surface area contributed by atoms with E-state index in [1.165, 1.54) is 5.70 Å². The Bertz CT molecular complexity index is 1050. The number of piperidine rings is 1. The molecule has 5 heterocycles. The molecule has 2 saturated heterocycles. The summed E-state index contributed by atoms with van der Waals surface area (Å²) in [6.07, 6.45) is 8.30. The van der Waals surface area contributed by atoms with Crippen LogP contribution in [0.4, 0.5) is 5.82 Å². The van der Waals surface area contributed by atoms with Gasteiger partial charge in [-0.05, 0) is 51.4 Å². The summed E-state index contributed by atoms with van der Waals surface area (Å²) in [4.78, 5) is 22.1. The van der Waals surface area contributed by atoms with Crippen LogP contribution in [0, 0.1) is 11.3 Å². The van der Waals surface area contributed by atoms with Gasteiger partial charge >= 0.3 is 0 Å². The van der Waals surface area contributed by atoms with Crippen molar-refractivity contribution in [2.75, 3.05) is 52.3 Å². The fourth-order valence-corrected chi connectivity index (χ4v) is 4.63. The molecule has 0 aliphatic carbocycles. The first-order chi connectivity index (χ1) is 16.9. The van der Waals surface area contributed by atoms with E-state index in [0.29, 0.717) is 17.4 Å². The number of aromatic nitrogens is 2. The zero-order valence-electron chi connectivity index (χ0n) is 21.8. The standard InChI is InChI=1S/C16H21N5.C11H19NO2/c1-5-11(2)20(4)21-10-15(21)13-7-6-12-9-18-16(17-3)8-14(12)19-13;1-11(8-14-9-11)7-12-4-2-10(6-13)3-5-12/h6-11H,5H2,1-4H3,(H,17,18);6,10H,2-5,7-9H2,1H3. The number of anilines is 1. The molecule has 3 aliphatic rings. The van der Waals surface area contributed by atoms with E-state index in [1.54, 1.807) is 0 Å². The van der Waals surface area contributed by atoms with Crippen molar-refractivity contribution in [1.82, 2.24) is 24.9 Å². The first-order valence-electron chi connectivity index (χ1n) is 12.8. The summed E-state index contributed by atoms with van der Waals surface area (Å²) in [5.41, 5.74) is 3.52. The normalized spacial score (nSPS) is 20.5. The van der Waals surface area contributed by atoms with Crippen LogP contribution in [0.25, 0.3) is 16.6 Å². The number of nitrogens with one attached hydrogen (secondary N) is 1. The first kappa shape index (κ1) is 25.5. The number of likely N-dealkylation sites (tertiary alicyclic amines) is 1. The molecule has 8 heteroatoms. The van der Waals surface area contributed by atoms with Gasteiger partial charge in [0, 0.05) is 61.9 Å². The van der Waals surface area contributed by atoms with Gasteiger partial charge in [0.2, 0.25) is 0 Å². The molecule has 5 rings (SSSR count). The van der Waals surface area contributed by atoms with Crippen LogP contribution < -0.4 is 5.32 Å². The minimum Gasteiger partial charge on any atom is -0.380 e. The van der Waals surface area contributed by atoms with Crippen LogP contribution in [0.1, 0.15) is 45.7 Å². The molecule has 1 N–H and O–H groups in total. The van der Waals surface area contributed by atoms with Crippen molar-refractivity contribution in [2.45, 2.75) is 46.1 Å². The molecule has 0 radical (unpaired) electrons. The number of ether oxygens (including phenoxy) is 1. The van der Waals surface area contributed by atoms with E-state index in [0.717, 1.165) is 80.8 Å². The Morgan fingerprint density at radius 2 is 2.06 bits per heavy atom. The van der Waals surface area contributed by atoms with Gasteiger partial charge in [-0.3, -0.25) is 5.01 Å². The van der Waals surface area contributed by atoms with E-state index in [2.05, 4.69) is 71.4 Å². The number of hydrazine groups is 1. The molecule has 190 valence electrons. The van der Waals surface area contributed by atoms with Gasteiger partial charge in [-0.2, -0.15) is 0 Å². The Kier molecular flexibility index (Phi) is 8.04. The predicted molar refractivity (Wildman–Crippen MR) is 141 cm³/mol. The molecule has 0 bridgehead atoms. The number of hydrogen-bond donors (Lipinski definition) is 1. The predicted octanol–water partition coefficient (Wildman–Crippen LogP) is 3.86. The molecule has 0 saturated carbocycles. The van der Waals surface area contributed by atoms with Gasteiger partial charge in [0.15, 0.2) is 0 Å². The highest BCUT2D eigenvalue weighted by Gasteiger charge is 2.36. The highest BCUT2D eigenvalue weighted by molar-refractivity contribution is 5.83. The molecule has 0 aromatic carbocycles. The smallest absolute Gasteiger partial charge is 0.127 e. The Morgan fingerprint density at radius 1 is 1.31 bits per heavy atom. The van der Waals surface area contributed by atoms with E-state index in [4.69, 9.17) is 9.72 Å². The summed E-state index contributed by atoms with van der Waals surface area (Å²) in [7, 11) is 3.98. The number of pyridine rings is 2. The number of nitrogens with zero attached hydrogens (tertiary/aromatic N) is 5. The van der Waals surface area contributed by atoms with Crippen molar-refractivity contribution in [3.63, 3.8) is 0 Å². The molecule has 2 aromatic heterocycles. The summed E-state index contributed by atoms with van der Waals surface area (Å²) in [6, 6.07) is 6.62. The van der Waals surface area contributed by atoms with Crippen LogP contribution in [0.5, 0.6) is 0 Å². The van der Waals surface area contributed by atoms with Crippen LogP contribution in [-0.2, 0) is 9.53 Å². The van der Waals surface area contributed by atoms with Gasteiger partial charge in [0.1, 0.15) is 17.8 Å². The third-order valence-corrected chi connectivity index (χ3v) is 7.42. The lowest BCUT2D eigenvalue weighted by Crippen LogP contribution is -2.50. The van der Waals surface area contributed by atoms with Crippen molar-refractivity contribution in [1.29, 1.82) is 0 Å². The number of rotatable bonds is 8. The average molecular weight is 481 g/mol. The molecule has 0 amide bonds. The number of carbonyl (C=O) groups is 1. The molecule has 2 aromatic rings. The third kappa shape index (κ3) is 6.18. The SMILES string of the molecule is CC1(CN2CCC(C=O)CC2)COC1.CCC(C)N(C)N1C=C1c1ccc2cnc(NC)cc2n1. The van der Waals surface area contributed by atoms with Crippen molar-refractivity contribution < 1.29 is 9.53 Å². The van der Waals surface area contributed by atoms with Crippen LogP contribution >= 0.6 is 0 Å². The highest BCUT2D eigenvalue weighted by Crippen LogP contribution is 2.34. The van der Waals surface area contributed by atoms with Crippen LogP contribution in [0.15, 0.2) is 30.6 Å². The van der Waals surface area contributed by atoms with Crippen LogP contribution in [-0.4, -0.2) is 84.2 Å². The quantitative estimate of drug-likeness (QED) is 0.571. The van der Waals surface area contributed by atoms with E-state index in [-0.39, 0.29) is 0 Å². The number of fused-ring (bicyclic) bond motifs is 1. The molecule has 35 heavy (non-hydrogen) atoms. The Labute approximate surface area is 209 Å². The lowest BCUT2D eigenvalue weighted by Gasteiger charge is -2.43. The van der Waals surface area contributed by atoms with Crippen molar-refractivity contribution in [3.8, 4) is 0 Å². The third-order valence-electron chi connectivity index (χ3n) is 7.42. The summed E-state index contributed by atoms with van der Waals surface area (Å²) in [6.45, 7) is 11.8. The van der Waals surface area contributed by atoms with Crippen molar-refractivity contribution >= 4 is 28.7 Å². The number of hydrogen-bond acceptors (Lipinski definition) is 8. The zero-order chi connectivity index (χ0) is 25.0. The maximum Gasteiger partial charge on any atom is 0.127 e. The fourth-order valence-electron chi connectivity index (χ4n) is 4.63. The van der Waals surface area contributed by atoms with Gasteiger partial charge in [-0.25, -0.2) is 15.0 Å². The molecule has 8 nitrogen and oxygen atoms in total. The Hall–Kier alpha value is -2.55. The summed E-state index contributed by atoms with van der Waals surface area (Å²) in [5.74, 6) is 1.15. The summed E-state index contributed by atoms with van der Waals surface area (Å²) in [5, 5.41) is 8.52. The minimum atomic E-state index is 0.316. The average Bonchev–Trinajstić information content (AvgIpc) is 3.68. The van der Waals surface area contributed by atoms with E-state index in [9.17, 15) is 4.79 Å². The largest absolute Gasteiger partial charge is 0.380 e. The van der Waals surface area contributed by atoms with Gasteiger partial charge in [0.05, 0.1) is 24.4 Å². The molecular weight excluding hydrogens is 440 g/mol. The molecule has 2 fully saturated rings. The van der Waals surface area contributed by atoms with Gasteiger partial charge in [0.25, 0.3) is 0 Å². The monoisotopic (exact) mass is 480 g/mol. The Balaban J connectivity index is 0.000000179. The number of aldehydes is 1. The van der Waals surface area contributed by atoms with E-state index < -0.39 is 0 Å². The first-order valence-corrected chi connectivity index (χ1v) is 12.8. The lowest BCUT2D eigenvalue weighted by atomic mass is 9.87. The fraction of sp³-hybridized carbons (Fsp3) is 0.593. The minimum absolute atomic E-state index is 0.316. The lowest BCUT2D eigenvalue weighted by molar-refractivity contribution is -0.120. The summed E-state index contributed by atoms with van der Waals surface area (Å²) < 4.78 is 5.24. The van der Waals surface area contributed by atoms with E-state index >= 15 is 0 Å². The molecule has 1 unspecified atom stereocenters. The maximum atomic E-state index is 10.6. The van der Waals surface area contributed by atoms with Crippen LogP contribution in [0.2, 0.25) is 0 Å². The van der Waals surface area contributed by atoms with Gasteiger partial charge < -0.3 is 19.7 Å². The number of carbonyl (C=O) groups excluding carboxylic acids is 1. The van der Waals surface area contributed by atoms with Crippen molar-refractivity contribution in [3.05, 3.63) is 36.3 Å². The zero-order valence-corrected chi connectivity index (χ0v) is 21.8. The van der Waals surface area contributed by atoms with Gasteiger partial charge in [-0.15, -0.1) is 0 Å². The second-order valence-corrected chi connectivity index (χ2v) is 10.5. The highest BCUT2D eigenvalue weighted by atomic mass is 16.5. The molecule has 3 aliphatic heterocycles. The molecular formula is C27H40N6O2. The maximum absolute atomic E-state index is 10.6. The Morgan fingerprint density at radius 3 is 2.66 bits per heavy atom. The molecule has 0 spiro atoms. The summed E-state index contributed by atoms with van der Waals surface area (Å²) >= 11 is 0. The van der Waals surface area contributed by atoms with Crippen LogP contribution in [0.3, 0.4) is 0 Å². The van der Waals surface area contributed by atoms with Crippen molar-refractivity contribution in [2.24, 2.45) is 11.3 Å². The van der Waals surface area contributed by atoms with Gasteiger partial charge in [-0.1, -0.05) is 13.8 Å². The second-order valence-electron chi connectivity index (χ2n) is 10.5. The van der Waals surface area contributed by atoms with E-state index in [1.807, 2.05) is 19.3 Å². The topological polar surface area (TPSA) is 73.6 Å².